The molecule has 1 fully saturated rings. The predicted molar refractivity (Wildman–Crippen MR) is 155 cm³/mol. The van der Waals surface area contributed by atoms with Crippen LogP contribution in [0.3, 0.4) is 0 Å². The zero-order valence-corrected chi connectivity index (χ0v) is 25.6. The maximum Gasteiger partial charge on any atom is 0.410 e. The Labute approximate surface area is 237 Å². The van der Waals surface area contributed by atoms with Crippen LogP contribution in [0.15, 0.2) is 46.9 Å². The summed E-state index contributed by atoms with van der Waals surface area (Å²) in [4.78, 5) is 40.3. The van der Waals surface area contributed by atoms with Gasteiger partial charge in [-0.1, -0.05) is 35.1 Å². The molecule has 1 aromatic heterocycles. The highest BCUT2D eigenvalue weighted by atomic mass is 79.9. The quantitative estimate of drug-likeness (QED) is 0.188. The molecular weight excluding hydrogens is 580 g/mol. The number of rotatable bonds is 4. The summed E-state index contributed by atoms with van der Waals surface area (Å²) in [6.45, 7) is 11.2. The Hall–Kier alpha value is -3.11. The van der Waals surface area contributed by atoms with Crippen molar-refractivity contribution in [3.63, 3.8) is 0 Å². The Morgan fingerprint density at radius 2 is 1.85 bits per heavy atom. The number of benzene rings is 2. The fraction of sp³-hybridized carbons (Fsp3) is 0.414. The van der Waals surface area contributed by atoms with Gasteiger partial charge in [0.05, 0.1) is 19.3 Å². The lowest BCUT2D eigenvalue weighted by Gasteiger charge is -2.28. The van der Waals surface area contributed by atoms with E-state index in [1.54, 1.807) is 32.9 Å². The number of amides is 1. The molecule has 3 heterocycles. The number of nitrogens with zero attached hydrogens (tertiary/aromatic N) is 2. The van der Waals surface area contributed by atoms with Crippen LogP contribution in [0.5, 0.6) is 5.75 Å². The van der Waals surface area contributed by atoms with Gasteiger partial charge >= 0.3 is 12.1 Å². The summed E-state index contributed by atoms with van der Waals surface area (Å²) in [6.07, 6.45) is -0.286. The highest BCUT2D eigenvalue weighted by Crippen LogP contribution is 2.42. The third-order valence-corrected chi connectivity index (χ3v) is 10.2. The molecule has 0 saturated carbocycles. The van der Waals surface area contributed by atoms with Gasteiger partial charge in [-0.2, -0.15) is 0 Å². The first-order valence-electron chi connectivity index (χ1n) is 13.0. The van der Waals surface area contributed by atoms with Crippen LogP contribution in [0.2, 0.25) is 19.1 Å². The molecule has 3 aromatic rings. The number of aromatic nitrogens is 1. The van der Waals surface area contributed by atoms with Crippen LogP contribution in [0.4, 0.5) is 4.79 Å². The van der Waals surface area contributed by atoms with Crippen LogP contribution in [0.25, 0.3) is 22.2 Å². The Morgan fingerprint density at radius 1 is 1.10 bits per heavy atom. The van der Waals surface area contributed by atoms with E-state index in [-0.39, 0.29) is 12.0 Å². The summed E-state index contributed by atoms with van der Waals surface area (Å²) in [5, 5.41) is 1.09. The first kappa shape index (κ1) is 27.5. The molecular formula is C29H33BrN2O6Si. The van der Waals surface area contributed by atoms with Crippen LogP contribution in [0, 0.1) is 0 Å². The van der Waals surface area contributed by atoms with E-state index < -0.39 is 38.4 Å². The third-order valence-electron chi connectivity index (χ3n) is 7.01. The van der Waals surface area contributed by atoms with Crippen molar-refractivity contribution in [2.24, 2.45) is 0 Å². The SMILES string of the molecule is CC1Oc2cc(C(=O)COC(=O)C3C[Si](C)(C)CN3C(=O)OC(C)(C)C)ccc2-c2cc3cc(Br)ccc3n21. The standard InChI is InChI=1S/C29H33BrN2O6Si/c1-17-32-22-10-8-20(30)11-19(22)12-23(32)21-9-7-18(13-26(21)37-17)25(33)14-36-27(34)24-15-39(5,6)16-31(24)28(35)38-29(2,3)4/h7-13,17,24H,14-16H2,1-6H3. The van der Waals surface area contributed by atoms with Gasteiger partial charge < -0.3 is 18.8 Å². The van der Waals surface area contributed by atoms with Gasteiger partial charge in [0.1, 0.15) is 17.4 Å². The lowest BCUT2D eigenvalue weighted by Crippen LogP contribution is -2.44. The lowest BCUT2D eigenvalue weighted by molar-refractivity contribution is -0.147. The average Bonchev–Trinajstić information content (AvgIpc) is 3.38. The van der Waals surface area contributed by atoms with Crippen molar-refractivity contribution in [3.8, 4) is 17.0 Å². The number of hydrogen-bond acceptors (Lipinski definition) is 6. The fourth-order valence-electron chi connectivity index (χ4n) is 5.36. The number of carbonyl (C=O) groups excluding carboxylic acids is 3. The van der Waals surface area contributed by atoms with Crippen molar-refractivity contribution >= 4 is 52.8 Å². The molecule has 0 spiro atoms. The summed E-state index contributed by atoms with van der Waals surface area (Å²) in [5.74, 6) is -0.310. The van der Waals surface area contributed by atoms with Crippen molar-refractivity contribution in [2.75, 3.05) is 12.8 Å². The van der Waals surface area contributed by atoms with Crippen molar-refractivity contribution in [2.45, 2.75) is 64.7 Å². The molecule has 5 rings (SSSR count). The minimum Gasteiger partial charge on any atom is -0.470 e. The topological polar surface area (TPSA) is 87.1 Å². The summed E-state index contributed by atoms with van der Waals surface area (Å²) < 4.78 is 20.3. The molecule has 2 aliphatic rings. The van der Waals surface area contributed by atoms with Crippen molar-refractivity contribution < 1.29 is 28.6 Å². The monoisotopic (exact) mass is 612 g/mol. The molecule has 0 N–H and O–H groups in total. The predicted octanol–water partition coefficient (Wildman–Crippen LogP) is 6.57. The maximum absolute atomic E-state index is 13.0. The molecule has 10 heteroatoms. The molecule has 1 saturated heterocycles. The Morgan fingerprint density at radius 3 is 2.56 bits per heavy atom. The third kappa shape index (κ3) is 5.49. The molecule has 0 bridgehead atoms. The van der Waals surface area contributed by atoms with Crippen molar-refractivity contribution in [3.05, 3.63) is 52.5 Å². The second-order valence-corrected chi connectivity index (χ2v) is 18.0. The van der Waals surface area contributed by atoms with E-state index in [0.717, 1.165) is 26.6 Å². The Kier molecular flexibility index (Phi) is 6.91. The zero-order chi connectivity index (χ0) is 28.3. The van der Waals surface area contributed by atoms with E-state index in [4.69, 9.17) is 14.2 Å². The molecule has 0 radical (unpaired) electrons. The van der Waals surface area contributed by atoms with Gasteiger partial charge in [0.2, 0.25) is 0 Å². The zero-order valence-electron chi connectivity index (χ0n) is 23.0. The number of hydrogen-bond donors (Lipinski definition) is 0. The van der Waals surface area contributed by atoms with Gasteiger partial charge in [0, 0.05) is 27.2 Å². The van der Waals surface area contributed by atoms with Crippen molar-refractivity contribution in [1.29, 1.82) is 0 Å². The van der Waals surface area contributed by atoms with E-state index in [2.05, 4.69) is 51.8 Å². The van der Waals surface area contributed by atoms with Crippen LogP contribution < -0.4 is 4.74 Å². The molecule has 2 unspecified atom stereocenters. The molecule has 0 aliphatic carbocycles. The normalized spacial score (nSPS) is 19.7. The van der Waals surface area contributed by atoms with Crippen LogP contribution in [-0.2, 0) is 14.3 Å². The number of halogens is 1. The van der Waals surface area contributed by atoms with E-state index >= 15 is 0 Å². The number of Topliss-reactive ketones (excluding diaryl/α,β-unsaturated/α-hetero) is 1. The van der Waals surface area contributed by atoms with Gasteiger partial charge in [0.15, 0.2) is 18.6 Å². The molecule has 2 aliphatic heterocycles. The second-order valence-electron chi connectivity index (χ2n) is 12.1. The van der Waals surface area contributed by atoms with E-state index in [1.165, 1.54) is 4.90 Å². The van der Waals surface area contributed by atoms with Gasteiger partial charge in [-0.25, -0.2) is 9.59 Å². The van der Waals surface area contributed by atoms with E-state index in [9.17, 15) is 14.4 Å². The smallest absolute Gasteiger partial charge is 0.410 e. The first-order chi connectivity index (χ1) is 18.2. The number of ketones is 1. The average molecular weight is 614 g/mol. The van der Waals surface area contributed by atoms with Gasteiger partial charge in [-0.05, 0) is 70.1 Å². The molecule has 39 heavy (non-hydrogen) atoms. The van der Waals surface area contributed by atoms with Gasteiger partial charge in [-0.15, -0.1) is 0 Å². The van der Waals surface area contributed by atoms with Crippen LogP contribution in [0.1, 0.15) is 44.3 Å². The molecule has 206 valence electrons. The first-order valence-corrected chi connectivity index (χ1v) is 17.2. The molecule has 1 amide bonds. The van der Waals surface area contributed by atoms with Gasteiger partial charge in [-0.3, -0.25) is 9.69 Å². The van der Waals surface area contributed by atoms with Gasteiger partial charge in [0.25, 0.3) is 0 Å². The highest BCUT2D eigenvalue weighted by Gasteiger charge is 2.47. The number of carbonyl (C=O) groups is 3. The largest absolute Gasteiger partial charge is 0.470 e. The van der Waals surface area contributed by atoms with Crippen molar-refractivity contribution in [1.82, 2.24) is 9.47 Å². The van der Waals surface area contributed by atoms with Crippen LogP contribution in [-0.4, -0.2) is 59.8 Å². The van der Waals surface area contributed by atoms with E-state index in [0.29, 0.717) is 23.5 Å². The maximum atomic E-state index is 13.0. The summed E-state index contributed by atoms with van der Waals surface area (Å²) >= 11 is 3.53. The molecule has 8 nitrogen and oxygen atoms in total. The Balaban J connectivity index is 1.31. The summed E-state index contributed by atoms with van der Waals surface area (Å²) in [6, 6.07) is 13.4. The number of fused-ring (bicyclic) bond motifs is 5. The summed E-state index contributed by atoms with van der Waals surface area (Å²) in [7, 11) is -1.84. The number of esters is 1. The molecule has 2 aromatic carbocycles. The fourth-order valence-corrected chi connectivity index (χ4v) is 8.57. The molecule has 2 atom stereocenters. The minimum absolute atomic E-state index is 0.261. The second kappa shape index (κ2) is 9.82. The number of ether oxygens (including phenoxy) is 3. The van der Waals surface area contributed by atoms with Crippen LogP contribution >= 0.6 is 15.9 Å². The highest BCUT2D eigenvalue weighted by molar-refractivity contribution is 9.10. The minimum atomic E-state index is -1.84. The lowest BCUT2D eigenvalue weighted by atomic mass is 10.0. The summed E-state index contributed by atoms with van der Waals surface area (Å²) in [5.41, 5.74) is 2.69. The van der Waals surface area contributed by atoms with E-state index in [1.807, 2.05) is 19.1 Å². The Bertz CT molecular complexity index is 1490.